The minimum atomic E-state index is -0.483. The molecule has 1 rings (SSSR count). The minimum absolute atomic E-state index is 0.0603. The molecule has 100 valence electrons. The second kappa shape index (κ2) is 6.43. The molecule has 0 bridgehead atoms. The van der Waals surface area contributed by atoms with Gasteiger partial charge in [0.2, 0.25) is 0 Å². The van der Waals surface area contributed by atoms with E-state index in [1.807, 2.05) is 0 Å². The summed E-state index contributed by atoms with van der Waals surface area (Å²) in [6.07, 6.45) is -0.151. The van der Waals surface area contributed by atoms with Crippen molar-refractivity contribution >= 4 is 39.3 Å². The highest BCUT2D eigenvalue weighted by Crippen LogP contribution is 2.34. The van der Waals surface area contributed by atoms with E-state index in [1.165, 1.54) is 23.9 Å². The van der Waals surface area contributed by atoms with Crippen LogP contribution in [0.5, 0.6) is 0 Å². The Hall–Kier alpha value is -0.750. The molecule has 0 amide bonds. The summed E-state index contributed by atoms with van der Waals surface area (Å²) in [6, 6.07) is 2.79. The largest absolute Gasteiger partial charge is 0.462 e. The Bertz CT molecular complexity index is 454. The molecular weight excluding hydrogens is 321 g/mol. The van der Waals surface area contributed by atoms with Crippen molar-refractivity contribution in [1.29, 1.82) is 0 Å². The molecule has 1 atom stereocenters. The Morgan fingerprint density at radius 1 is 1.44 bits per heavy atom. The van der Waals surface area contributed by atoms with Crippen molar-refractivity contribution in [2.75, 3.05) is 5.73 Å². The summed E-state index contributed by atoms with van der Waals surface area (Å²) in [4.78, 5) is 12.4. The van der Waals surface area contributed by atoms with Gasteiger partial charge in [0.1, 0.15) is 11.1 Å². The minimum Gasteiger partial charge on any atom is -0.462 e. The van der Waals surface area contributed by atoms with Crippen molar-refractivity contribution in [2.45, 2.75) is 37.0 Å². The van der Waals surface area contributed by atoms with E-state index in [1.54, 1.807) is 20.8 Å². The normalized spacial score (nSPS) is 12.6. The number of carbonyl (C=O) groups is 1. The Morgan fingerprint density at radius 2 is 2.06 bits per heavy atom. The standard InChI is InChI=1S/C12H15BrFNO2S/c1-6(2)17-12(16)7(3)18-11-5-10(15)9(14)4-8(11)13/h4-7H,15H2,1-3H3. The molecule has 0 heterocycles. The number of rotatable bonds is 4. The molecule has 0 aliphatic carbocycles. The van der Waals surface area contributed by atoms with Crippen LogP contribution in [0.4, 0.5) is 10.1 Å². The molecule has 0 radical (unpaired) electrons. The number of nitrogen functional groups attached to an aromatic ring is 1. The van der Waals surface area contributed by atoms with Gasteiger partial charge in [-0.1, -0.05) is 0 Å². The third kappa shape index (κ3) is 4.17. The third-order valence-electron chi connectivity index (χ3n) is 2.04. The summed E-state index contributed by atoms with van der Waals surface area (Å²) in [7, 11) is 0. The molecule has 18 heavy (non-hydrogen) atoms. The van der Waals surface area contributed by atoms with Crippen molar-refractivity contribution < 1.29 is 13.9 Å². The lowest BCUT2D eigenvalue weighted by Gasteiger charge is -2.14. The van der Waals surface area contributed by atoms with Crippen molar-refractivity contribution in [3.05, 3.63) is 22.4 Å². The Labute approximate surface area is 118 Å². The van der Waals surface area contributed by atoms with Gasteiger partial charge in [-0.25, -0.2) is 4.39 Å². The highest BCUT2D eigenvalue weighted by Gasteiger charge is 2.19. The van der Waals surface area contributed by atoms with Crippen molar-refractivity contribution in [3.63, 3.8) is 0 Å². The summed E-state index contributed by atoms with van der Waals surface area (Å²) in [5.41, 5.74) is 5.56. The first kappa shape index (κ1) is 15.3. The molecule has 0 fully saturated rings. The summed E-state index contributed by atoms with van der Waals surface area (Å²) < 4.78 is 18.8. The van der Waals surface area contributed by atoms with E-state index in [4.69, 9.17) is 10.5 Å². The van der Waals surface area contributed by atoms with Gasteiger partial charge in [0.15, 0.2) is 0 Å². The number of hydrogen-bond acceptors (Lipinski definition) is 4. The van der Waals surface area contributed by atoms with Crippen LogP contribution in [-0.2, 0) is 9.53 Å². The summed E-state index contributed by atoms with van der Waals surface area (Å²) >= 11 is 4.52. The second-order valence-electron chi connectivity index (χ2n) is 4.05. The van der Waals surface area contributed by atoms with Crippen molar-refractivity contribution in [3.8, 4) is 0 Å². The van der Waals surface area contributed by atoms with Gasteiger partial charge in [0.05, 0.1) is 11.8 Å². The van der Waals surface area contributed by atoms with Gasteiger partial charge >= 0.3 is 5.97 Å². The summed E-state index contributed by atoms with van der Waals surface area (Å²) in [5, 5.41) is -0.381. The summed E-state index contributed by atoms with van der Waals surface area (Å²) in [5.74, 6) is -0.784. The van der Waals surface area contributed by atoms with Gasteiger partial charge in [0, 0.05) is 9.37 Å². The highest BCUT2D eigenvalue weighted by molar-refractivity contribution is 9.10. The van der Waals surface area contributed by atoms with Gasteiger partial charge in [-0.2, -0.15) is 0 Å². The number of halogens is 2. The number of carbonyl (C=O) groups excluding carboxylic acids is 1. The summed E-state index contributed by atoms with van der Waals surface area (Å²) in [6.45, 7) is 5.32. The SMILES string of the molecule is CC(C)OC(=O)C(C)Sc1cc(N)c(F)cc1Br. The molecule has 1 unspecified atom stereocenters. The number of esters is 1. The molecular formula is C12H15BrFNO2S. The number of benzene rings is 1. The average Bonchev–Trinajstić information content (AvgIpc) is 2.24. The molecule has 6 heteroatoms. The fraction of sp³-hybridized carbons (Fsp3) is 0.417. The van der Waals surface area contributed by atoms with Crippen LogP contribution in [0.3, 0.4) is 0 Å². The predicted octanol–water partition coefficient (Wildman–Crippen LogP) is 3.60. The molecule has 1 aromatic rings. The Balaban J connectivity index is 2.79. The highest BCUT2D eigenvalue weighted by atomic mass is 79.9. The van der Waals surface area contributed by atoms with Crippen LogP contribution in [0, 0.1) is 5.82 Å². The second-order valence-corrected chi connectivity index (χ2v) is 6.29. The Morgan fingerprint density at radius 3 is 2.61 bits per heavy atom. The van der Waals surface area contributed by atoms with Crippen LogP contribution in [0.2, 0.25) is 0 Å². The molecule has 3 nitrogen and oxygen atoms in total. The fourth-order valence-corrected chi connectivity index (χ4v) is 2.70. The first-order valence-corrected chi connectivity index (χ1v) is 7.10. The molecule has 0 saturated heterocycles. The molecule has 1 aromatic carbocycles. The van der Waals surface area contributed by atoms with Gasteiger partial charge in [0.25, 0.3) is 0 Å². The van der Waals surface area contributed by atoms with Crippen LogP contribution in [0.15, 0.2) is 21.5 Å². The monoisotopic (exact) mass is 335 g/mol. The quantitative estimate of drug-likeness (QED) is 0.519. The maximum absolute atomic E-state index is 13.2. The fourth-order valence-electron chi connectivity index (χ4n) is 1.20. The molecule has 2 N–H and O–H groups in total. The van der Waals surface area contributed by atoms with Crippen LogP contribution in [0.25, 0.3) is 0 Å². The lowest BCUT2D eigenvalue weighted by atomic mass is 10.3. The van der Waals surface area contributed by atoms with Crippen LogP contribution in [0.1, 0.15) is 20.8 Å². The number of hydrogen-bond donors (Lipinski definition) is 1. The van der Waals surface area contributed by atoms with E-state index in [0.717, 1.165) is 0 Å². The molecule has 0 aliphatic rings. The van der Waals surface area contributed by atoms with Gasteiger partial charge < -0.3 is 10.5 Å². The first-order chi connectivity index (χ1) is 8.31. The maximum atomic E-state index is 13.2. The first-order valence-electron chi connectivity index (χ1n) is 5.43. The zero-order valence-corrected chi connectivity index (χ0v) is 12.8. The van der Waals surface area contributed by atoms with Gasteiger partial charge in [-0.15, -0.1) is 11.8 Å². The topological polar surface area (TPSA) is 52.3 Å². The van der Waals surface area contributed by atoms with E-state index >= 15 is 0 Å². The van der Waals surface area contributed by atoms with E-state index in [0.29, 0.717) is 9.37 Å². The lowest BCUT2D eigenvalue weighted by Crippen LogP contribution is -2.20. The van der Waals surface area contributed by atoms with Crippen LogP contribution >= 0.6 is 27.7 Å². The van der Waals surface area contributed by atoms with E-state index < -0.39 is 5.82 Å². The van der Waals surface area contributed by atoms with Crippen LogP contribution < -0.4 is 5.73 Å². The van der Waals surface area contributed by atoms with Gasteiger partial charge in [-0.05, 0) is 48.8 Å². The molecule has 0 spiro atoms. The molecule has 0 saturated carbocycles. The van der Waals surface area contributed by atoms with Crippen LogP contribution in [-0.4, -0.2) is 17.3 Å². The number of ether oxygens (including phenoxy) is 1. The molecule has 0 aliphatic heterocycles. The number of anilines is 1. The lowest BCUT2D eigenvalue weighted by molar-refractivity contribution is -0.146. The number of nitrogens with two attached hydrogens (primary N) is 1. The van der Waals surface area contributed by atoms with E-state index in [2.05, 4.69) is 15.9 Å². The van der Waals surface area contributed by atoms with Crippen molar-refractivity contribution in [1.82, 2.24) is 0 Å². The smallest absolute Gasteiger partial charge is 0.319 e. The zero-order chi connectivity index (χ0) is 13.9. The zero-order valence-electron chi connectivity index (χ0n) is 10.4. The third-order valence-corrected chi connectivity index (χ3v) is 4.09. The average molecular weight is 336 g/mol. The van der Waals surface area contributed by atoms with Gasteiger partial charge in [-0.3, -0.25) is 4.79 Å². The maximum Gasteiger partial charge on any atom is 0.319 e. The van der Waals surface area contributed by atoms with Crippen molar-refractivity contribution in [2.24, 2.45) is 0 Å². The van der Waals surface area contributed by atoms with E-state index in [9.17, 15) is 9.18 Å². The number of thioether (sulfide) groups is 1. The van der Waals surface area contributed by atoms with E-state index in [-0.39, 0.29) is 23.0 Å². The molecule has 0 aromatic heterocycles. The predicted molar refractivity (Wildman–Crippen MR) is 75.1 cm³/mol. The Kier molecular flexibility index (Phi) is 5.47.